The minimum atomic E-state index is -0.0888. The van der Waals surface area contributed by atoms with Gasteiger partial charge in [-0.2, -0.15) is 0 Å². The van der Waals surface area contributed by atoms with Crippen molar-refractivity contribution in [3.63, 3.8) is 0 Å². The van der Waals surface area contributed by atoms with E-state index in [-0.39, 0.29) is 24.9 Å². The van der Waals surface area contributed by atoms with E-state index in [1.54, 1.807) is 24.3 Å². The van der Waals surface area contributed by atoms with Crippen LogP contribution >= 0.6 is 24.0 Å². The van der Waals surface area contributed by atoms with Crippen LogP contribution in [0.5, 0.6) is 5.75 Å². The van der Waals surface area contributed by atoms with Gasteiger partial charge in [0.1, 0.15) is 5.75 Å². The molecule has 0 aliphatic carbocycles. The fourth-order valence-electron chi connectivity index (χ4n) is 2.09. The Morgan fingerprint density at radius 1 is 1.25 bits per heavy atom. The highest BCUT2D eigenvalue weighted by molar-refractivity contribution is 6.30. The number of benzene rings is 1. The summed E-state index contributed by atoms with van der Waals surface area (Å²) in [6.45, 7) is 3.95. The maximum Gasteiger partial charge on any atom is 0.257 e. The van der Waals surface area contributed by atoms with Crippen molar-refractivity contribution >= 4 is 29.9 Å². The number of carbonyl (C=O) groups is 1. The van der Waals surface area contributed by atoms with Crippen molar-refractivity contribution in [1.29, 1.82) is 0 Å². The Balaban J connectivity index is 0.00000200. The van der Waals surface area contributed by atoms with Crippen molar-refractivity contribution in [2.75, 3.05) is 32.8 Å². The first-order chi connectivity index (χ1) is 9.24. The molecule has 20 heavy (non-hydrogen) atoms. The molecule has 0 spiro atoms. The van der Waals surface area contributed by atoms with Crippen LogP contribution in [0, 0.1) is 0 Å². The zero-order valence-electron chi connectivity index (χ0n) is 11.3. The predicted octanol–water partition coefficient (Wildman–Crippen LogP) is 2.35. The fourth-order valence-corrected chi connectivity index (χ4v) is 2.22. The highest BCUT2D eigenvalue weighted by Crippen LogP contribution is 2.15. The van der Waals surface area contributed by atoms with Crippen LogP contribution in [0.25, 0.3) is 0 Å². The lowest BCUT2D eigenvalue weighted by Gasteiger charge is -2.14. The van der Waals surface area contributed by atoms with E-state index in [0.717, 1.165) is 19.6 Å². The summed E-state index contributed by atoms with van der Waals surface area (Å²) in [4.78, 5) is 13.9. The first kappa shape index (κ1) is 17.1. The largest absolute Gasteiger partial charge is 0.484 e. The molecule has 1 aromatic carbocycles. The molecule has 2 rings (SSSR count). The van der Waals surface area contributed by atoms with Gasteiger partial charge in [-0.1, -0.05) is 11.6 Å². The highest BCUT2D eigenvalue weighted by atomic mass is 35.5. The number of carbonyl (C=O) groups excluding carboxylic acids is 1. The standard InChI is InChI=1S/C14H19ClN2O2.ClH/c15-12-3-5-13(6-4-12)19-11-14(18)16-7-10-17-8-1-2-9-17;/h3-6H,1-2,7-11H2,(H,16,18);1H. The van der Waals surface area contributed by atoms with Gasteiger partial charge in [0.05, 0.1) is 0 Å². The molecule has 1 N–H and O–H groups in total. The number of halogens is 2. The van der Waals surface area contributed by atoms with Gasteiger partial charge in [-0.15, -0.1) is 12.4 Å². The summed E-state index contributed by atoms with van der Waals surface area (Å²) in [7, 11) is 0. The van der Waals surface area contributed by atoms with Crippen molar-refractivity contribution < 1.29 is 9.53 Å². The van der Waals surface area contributed by atoms with E-state index in [1.165, 1.54) is 12.8 Å². The van der Waals surface area contributed by atoms with Crippen LogP contribution in [0.3, 0.4) is 0 Å². The van der Waals surface area contributed by atoms with E-state index >= 15 is 0 Å². The average molecular weight is 319 g/mol. The van der Waals surface area contributed by atoms with E-state index in [4.69, 9.17) is 16.3 Å². The van der Waals surface area contributed by atoms with Gasteiger partial charge in [0.15, 0.2) is 6.61 Å². The van der Waals surface area contributed by atoms with Crippen LogP contribution in [-0.2, 0) is 4.79 Å². The summed E-state index contributed by atoms with van der Waals surface area (Å²) >= 11 is 5.77. The van der Waals surface area contributed by atoms with Crippen LogP contribution in [0.1, 0.15) is 12.8 Å². The van der Waals surface area contributed by atoms with E-state index in [9.17, 15) is 4.79 Å². The Morgan fingerprint density at radius 3 is 2.55 bits per heavy atom. The highest BCUT2D eigenvalue weighted by Gasteiger charge is 2.11. The molecular weight excluding hydrogens is 299 g/mol. The second kappa shape index (κ2) is 9.06. The number of nitrogens with zero attached hydrogens (tertiary/aromatic N) is 1. The molecule has 4 nitrogen and oxygen atoms in total. The summed E-state index contributed by atoms with van der Waals surface area (Å²) in [6, 6.07) is 6.98. The minimum absolute atomic E-state index is 0. The second-order valence-corrected chi connectivity index (χ2v) is 5.08. The number of amides is 1. The van der Waals surface area contributed by atoms with Gasteiger partial charge >= 0.3 is 0 Å². The lowest BCUT2D eigenvalue weighted by molar-refractivity contribution is -0.123. The van der Waals surface area contributed by atoms with E-state index in [1.807, 2.05) is 0 Å². The maximum absolute atomic E-state index is 11.6. The number of ether oxygens (including phenoxy) is 1. The van der Waals surface area contributed by atoms with E-state index in [2.05, 4.69) is 10.2 Å². The summed E-state index contributed by atoms with van der Waals surface area (Å²) in [6.07, 6.45) is 2.54. The SMILES string of the molecule is Cl.O=C(COc1ccc(Cl)cc1)NCCN1CCCC1. The predicted molar refractivity (Wildman–Crippen MR) is 82.9 cm³/mol. The van der Waals surface area contributed by atoms with Crippen LogP contribution in [0.15, 0.2) is 24.3 Å². The number of likely N-dealkylation sites (tertiary alicyclic amines) is 1. The average Bonchev–Trinajstić information content (AvgIpc) is 2.91. The quantitative estimate of drug-likeness (QED) is 0.875. The summed E-state index contributed by atoms with van der Waals surface area (Å²) < 4.78 is 5.36. The normalized spacial score (nSPS) is 14.7. The van der Waals surface area contributed by atoms with Gasteiger partial charge in [-0.05, 0) is 50.2 Å². The Hall–Kier alpha value is -0.970. The Kier molecular flexibility index (Phi) is 7.73. The fraction of sp³-hybridized carbons (Fsp3) is 0.500. The molecule has 1 saturated heterocycles. The third kappa shape index (κ3) is 5.99. The molecule has 0 saturated carbocycles. The molecule has 1 amide bonds. The lowest BCUT2D eigenvalue weighted by atomic mass is 10.3. The second-order valence-electron chi connectivity index (χ2n) is 4.64. The molecule has 1 aliphatic rings. The van der Waals surface area contributed by atoms with Crippen molar-refractivity contribution in [2.24, 2.45) is 0 Å². The molecule has 6 heteroatoms. The molecule has 1 heterocycles. The summed E-state index contributed by atoms with van der Waals surface area (Å²) in [5.41, 5.74) is 0. The molecule has 0 atom stereocenters. The Labute approximate surface area is 130 Å². The van der Waals surface area contributed by atoms with Crippen molar-refractivity contribution in [1.82, 2.24) is 10.2 Å². The van der Waals surface area contributed by atoms with Gasteiger partial charge in [-0.3, -0.25) is 4.79 Å². The van der Waals surface area contributed by atoms with Crippen LogP contribution in [0.2, 0.25) is 5.02 Å². The number of rotatable bonds is 6. The van der Waals surface area contributed by atoms with E-state index in [0.29, 0.717) is 17.3 Å². The third-order valence-electron chi connectivity index (χ3n) is 3.13. The molecule has 1 aliphatic heterocycles. The van der Waals surface area contributed by atoms with Crippen molar-refractivity contribution in [3.8, 4) is 5.75 Å². The third-order valence-corrected chi connectivity index (χ3v) is 3.38. The first-order valence-corrected chi connectivity index (χ1v) is 6.99. The first-order valence-electron chi connectivity index (χ1n) is 6.61. The summed E-state index contributed by atoms with van der Waals surface area (Å²) in [5.74, 6) is 0.563. The van der Waals surface area contributed by atoms with Gasteiger partial charge < -0.3 is 15.0 Å². The van der Waals surface area contributed by atoms with Gasteiger partial charge in [-0.25, -0.2) is 0 Å². The molecule has 0 radical (unpaired) electrons. The number of nitrogens with one attached hydrogen (secondary N) is 1. The molecule has 0 aromatic heterocycles. The summed E-state index contributed by atoms with van der Waals surface area (Å²) in [5, 5.41) is 3.51. The molecular formula is C14H20Cl2N2O2. The minimum Gasteiger partial charge on any atom is -0.484 e. The zero-order valence-corrected chi connectivity index (χ0v) is 12.9. The molecule has 1 aromatic rings. The maximum atomic E-state index is 11.6. The van der Waals surface area contributed by atoms with Gasteiger partial charge in [0.25, 0.3) is 5.91 Å². The monoisotopic (exact) mass is 318 g/mol. The molecule has 1 fully saturated rings. The Bertz CT molecular complexity index is 406. The topological polar surface area (TPSA) is 41.6 Å². The molecule has 0 bridgehead atoms. The van der Waals surface area contributed by atoms with Crippen LogP contribution < -0.4 is 10.1 Å². The van der Waals surface area contributed by atoms with Crippen molar-refractivity contribution in [3.05, 3.63) is 29.3 Å². The van der Waals surface area contributed by atoms with E-state index < -0.39 is 0 Å². The smallest absolute Gasteiger partial charge is 0.257 e. The number of hydrogen-bond acceptors (Lipinski definition) is 3. The van der Waals surface area contributed by atoms with Crippen molar-refractivity contribution in [2.45, 2.75) is 12.8 Å². The molecule has 112 valence electrons. The number of hydrogen-bond donors (Lipinski definition) is 1. The Morgan fingerprint density at radius 2 is 1.90 bits per heavy atom. The zero-order chi connectivity index (χ0) is 13.5. The van der Waals surface area contributed by atoms with Crippen LogP contribution in [0.4, 0.5) is 0 Å². The van der Waals surface area contributed by atoms with Gasteiger partial charge in [0.2, 0.25) is 0 Å². The lowest BCUT2D eigenvalue weighted by Crippen LogP contribution is -2.35. The van der Waals surface area contributed by atoms with Crippen LogP contribution in [-0.4, -0.2) is 43.6 Å². The molecule has 0 unspecified atom stereocenters. The van der Waals surface area contributed by atoms with Gasteiger partial charge in [0, 0.05) is 18.1 Å².